The molecule has 4 heteroatoms. The van der Waals surface area contributed by atoms with Crippen molar-refractivity contribution in [2.75, 3.05) is 19.7 Å². The molecule has 0 aromatic rings. The molecule has 3 nitrogen and oxygen atoms in total. The number of alkyl halides is 1. The zero-order valence-electron chi connectivity index (χ0n) is 6.55. The van der Waals surface area contributed by atoms with Crippen molar-refractivity contribution in [2.45, 2.75) is 19.0 Å². The molecule has 1 rings (SSSR count). The van der Waals surface area contributed by atoms with E-state index in [1.165, 1.54) is 0 Å². The summed E-state index contributed by atoms with van der Waals surface area (Å²) >= 11 is 0. The maximum absolute atomic E-state index is 13.1. The van der Waals surface area contributed by atoms with E-state index in [4.69, 9.17) is 5.90 Å². The summed E-state index contributed by atoms with van der Waals surface area (Å²) in [5, 5.41) is 3.17. The van der Waals surface area contributed by atoms with E-state index in [1.54, 1.807) is 0 Å². The van der Waals surface area contributed by atoms with Crippen LogP contribution in [-0.2, 0) is 4.84 Å². The zero-order chi connectivity index (χ0) is 8.10. The van der Waals surface area contributed by atoms with Crippen molar-refractivity contribution in [1.29, 1.82) is 0 Å². The molecule has 11 heavy (non-hydrogen) atoms. The van der Waals surface area contributed by atoms with E-state index >= 15 is 0 Å². The van der Waals surface area contributed by atoms with E-state index < -0.39 is 6.17 Å². The molecular formula is C7H15FN2O. The SMILES string of the molecule is NOCC(F)C1CCNCC1. The molecule has 0 aliphatic carbocycles. The van der Waals surface area contributed by atoms with E-state index in [9.17, 15) is 4.39 Å². The molecule has 1 aliphatic rings. The van der Waals surface area contributed by atoms with Crippen molar-refractivity contribution in [2.24, 2.45) is 11.8 Å². The number of hydrogen-bond acceptors (Lipinski definition) is 3. The van der Waals surface area contributed by atoms with Gasteiger partial charge in [0, 0.05) is 0 Å². The summed E-state index contributed by atoms with van der Waals surface area (Å²) in [5.41, 5.74) is 0. The average molecular weight is 162 g/mol. The van der Waals surface area contributed by atoms with Crippen LogP contribution in [0.4, 0.5) is 4.39 Å². The fraction of sp³-hybridized carbons (Fsp3) is 1.00. The van der Waals surface area contributed by atoms with Crippen molar-refractivity contribution in [3.05, 3.63) is 0 Å². The summed E-state index contributed by atoms with van der Waals surface area (Å²) in [6.45, 7) is 1.86. The number of nitrogens with one attached hydrogen (secondary N) is 1. The normalized spacial score (nSPS) is 23.5. The largest absolute Gasteiger partial charge is 0.317 e. The lowest BCUT2D eigenvalue weighted by atomic mass is 9.94. The minimum Gasteiger partial charge on any atom is -0.317 e. The quantitative estimate of drug-likeness (QED) is 0.583. The van der Waals surface area contributed by atoms with Gasteiger partial charge >= 0.3 is 0 Å². The molecule has 3 N–H and O–H groups in total. The molecule has 1 heterocycles. The van der Waals surface area contributed by atoms with Gasteiger partial charge in [0.05, 0.1) is 6.61 Å². The molecule has 0 bridgehead atoms. The van der Waals surface area contributed by atoms with Crippen LogP contribution in [0.1, 0.15) is 12.8 Å². The van der Waals surface area contributed by atoms with Gasteiger partial charge in [-0.3, -0.25) is 0 Å². The second-order valence-electron chi connectivity index (χ2n) is 2.94. The maximum Gasteiger partial charge on any atom is 0.128 e. The molecule has 0 saturated carbocycles. The average Bonchev–Trinajstić information content (AvgIpc) is 2.07. The van der Waals surface area contributed by atoms with Crippen LogP contribution < -0.4 is 11.2 Å². The monoisotopic (exact) mass is 162 g/mol. The summed E-state index contributed by atoms with van der Waals surface area (Å²) in [6, 6.07) is 0. The molecular weight excluding hydrogens is 147 g/mol. The molecule has 0 spiro atoms. The van der Waals surface area contributed by atoms with Crippen LogP contribution in [-0.4, -0.2) is 25.9 Å². The first-order valence-corrected chi connectivity index (χ1v) is 4.01. The summed E-state index contributed by atoms with van der Waals surface area (Å²) < 4.78 is 13.1. The van der Waals surface area contributed by atoms with Crippen LogP contribution in [0, 0.1) is 5.92 Å². The van der Waals surface area contributed by atoms with Gasteiger partial charge in [-0.05, 0) is 31.8 Å². The maximum atomic E-state index is 13.1. The van der Waals surface area contributed by atoms with E-state index in [0.717, 1.165) is 25.9 Å². The Morgan fingerprint density at radius 3 is 2.73 bits per heavy atom. The Morgan fingerprint density at radius 2 is 2.18 bits per heavy atom. The van der Waals surface area contributed by atoms with Gasteiger partial charge in [0.15, 0.2) is 0 Å². The number of piperidine rings is 1. The number of hydrogen-bond donors (Lipinski definition) is 2. The van der Waals surface area contributed by atoms with Crippen LogP contribution >= 0.6 is 0 Å². The molecule has 66 valence electrons. The topological polar surface area (TPSA) is 47.3 Å². The third-order valence-electron chi connectivity index (χ3n) is 2.15. The Kier molecular flexibility index (Phi) is 3.76. The summed E-state index contributed by atoms with van der Waals surface area (Å²) in [7, 11) is 0. The number of rotatable bonds is 3. The smallest absolute Gasteiger partial charge is 0.128 e. The lowest BCUT2D eigenvalue weighted by molar-refractivity contribution is 0.0463. The Morgan fingerprint density at radius 1 is 1.55 bits per heavy atom. The van der Waals surface area contributed by atoms with Crippen LogP contribution in [0.2, 0.25) is 0 Å². The van der Waals surface area contributed by atoms with Gasteiger partial charge in [-0.2, -0.15) is 0 Å². The lowest BCUT2D eigenvalue weighted by Crippen LogP contribution is -2.34. The van der Waals surface area contributed by atoms with Crippen molar-refractivity contribution in [3.8, 4) is 0 Å². The highest BCUT2D eigenvalue weighted by Crippen LogP contribution is 2.18. The Labute approximate surface area is 66.0 Å². The van der Waals surface area contributed by atoms with Gasteiger partial charge in [-0.1, -0.05) is 0 Å². The van der Waals surface area contributed by atoms with Crippen molar-refractivity contribution >= 4 is 0 Å². The first-order valence-electron chi connectivity index (χ1n) is 4.01. The fourth-order valence-electron chi connectivity index (χ4n) is 1.43. The van der Waals surface area contributed by atoms with Gasteiger partial charge in [0.1, 0.15) is 6.17 Å². The predicted octanol–water partition coefficient (Wildman–Crippen LogP) is 0.214. The Balaban J connectivity index is 2.21. The summed E-state index contributed by atoms with van der Waals surface area (Å²) in [5.74, 6) is 4.92. The molecule has 0 amide bonds. The molecule has 1 aliphatic heterocycles. The lowest BCUT2D eigenvalue weighted by Gasteiger charge is -2.24. The molecule has 1 atom stereocenters. The third-order valence-corrected chi connectivity index (χ3v) is 2.15. The minimum absolute atomic E-state index is 0.0324. The van der Waals surface area contributed by atoms with Gasteiger partial charge in [0.25, 0.3) is 0 Å². The van der Waals surface area contributed by atoms with Crippen LogP contribution in [0.15, 0.2) is 0 Å². The van der Waals surface area contributed by atoms with Gasteiger partial charge in [-0.15, -0.1) is 0 Å². The zero-order valence-corrected chi connectivity index (χ0v) is 6.55. The second kappa shape index (κ2) is 4.64. The first kappa shape index (κ1) is 8.90. The molecule has 0 aromatic carbocycles. The number of halogens is 1. The molecule has 0 aromatic heterocycles. The highest BCUT2D eigenvalue weighted by atomic mass is 19.1. The second-order valence-corrected chi connectivity index (χ2v) is 2.94. The van der Waals surface area contributed by atoms with Gasteiger partial charge < -0.3 is 10.2 Å². The summed E-state index contributed by atoms with van der Waals surface area (Å²) in [6.07, 6.45) is 0.900. The van der Waals surface area contributed by atoms with E-state index in [-0.39, 0.29) is 12.5 Å². The molecule has 1 fully saturated rings. The molecule has 1 unspecified atom stereocenters. The first-order chi connectivity index (χ1) is 5.34. The predicted molar refractivity (Wildman–Crippen MR) is 40.6 cm³/mol. The molecule has 1 saturated heterocycles. The molecule has 0 radical (unpaired) electrons. The fourth-order valence-corrected chi connectivity index (χ4v) is 1.43. The van der Waals surface area contributed by atoms with Crippen LogP contribution in [0.25, 0.3) is 0 Å². The summed E-state index contributed by atoms with van der Waals surface area (Å²) in [4.78, 5) is 4.26. The van der Waals surface area contributed by atoms with Crippen LogP contribution in [0.5, 0.6) is 0 Å². The van der Waals surface area contributed by atoms with E-state index in [0.29, 0.717) is 0 Å². The van der Waals surface area contributed by atoms with Gasteiger partial charge in [0.2, 0.25) is 0 Å². The van der Waals surface area contributed by atoms with Crippen molar-refractivity contribution in [1.82, 2.24) is 5.32 Å². The van der Waals surface area contributed by atoms with Gasteiger partial charge in [-0.25, -0.2) is 10.3 Å². The van der Waals surface area contributed by atoms with Crippen LogP contribution in [0.3, 0.4) is 0 Å². The van der Waals surface area contributed by atoms with E-state index in [2.05, 4.69) is 10.2 Å². The Bertz CT molecular complexity index is 107. The Hall–Kier alpha value is -0.190. The third kappa shape index (κ3) is 2.73. The minimum atomic E-state index is -0.887. The highest BCUT2D eigenvalue weighted by Gasteiger charge is 2.22. The highest BCUT2D eigenvalue weighted by molar-refractivity contribution is 4.74. The number of nitrogens with two attached hydrogens (primary N) is 1. The standard InChI is InChI=1S/C7H15FN2O/c8-7(5-11-9)6-1-3-10-4-2-6/h6-7,10H,1-5,9H2. The van der Waals surface area contributed by atoms with E-state index in [1.807, 2.05) is 0 Å². The van der Waals surface area contributed by atoms with Crippen molar-refractivity contribution < 1.29 is 9.23 Å². The van der Waals surface area contributed by atoms with Crippen molar-refractivity contribution in [3.63, 3.8) is 0 Å².